The molecule has 0 aromatic heterocycles. The van der Waals surface area contributed by atoms with E-state index in [9.17, 15) is 9.90 Å². The Bertz CT molecular complexity index is 166. The molecule has 0 aromatic carbocycles. The molecule has 0 amide bonds. The average Bonchev–Trinajstić information content (AvgIpc) is 2.13. The van der Waals surface area contributed by atoms with Gasteiger partial charge in [0, 0.05) is 5.75 Å². The van der Waals surface area contributed by atoms with Crippen LogP contribution in [0.5, 0.6) is 0 Å². The standard InChI is InChI=1S/C9H18O3S/c1-4-9(12,5-2)6-13-7(3)8(10)11/h7,12H,4-6H2,1-3H3,(H,10,11). The second-order valence-electron chi connectivity index (χ2n) is 3.22. The van der Waals surface area contributed by atoms with Gasteiger partial charge in [-0.05, 0) is 19.8 Å². The molecule has 3 nitrogen and oxygen atoms in total. The molecule has 1 unspecified atom stereocenters. The summed E-state index contributed by atoms with van der Waals surface area (Å²) in [6.45, 7) is 5.46. The largest absolute Gasteiger partial charge is 0.480 e. The van der Waals surface area contributed by atoms with Crippen LogP contribution in [-0.2, 0) is 4.79 Å². The summed E-state index contributed by atoms with van der Waals surface area (Å²) in [5.41, 5.74) is -0.700. The fourth-order valence-corrected chi connectivity index (χ4v) is 1.92. The number of aliphatic hydroxyl groups is 1. The third-order valence-corrected chi connectivity index (χ3v) is 3.67. The Morgan fingerprint density at radius 1 is 1.46 bits per heavy atom. The van der Waals surface area contributed by atoms with E-state index in [1.54, 1.807) is 6.92 Å². The summed E-state index contributed by atoms with van der Waals surface area (Å²) in [6.07, 6.45) is 1.34. The molecular weight excluding hydrogens is 188 g/mol. The number of carboxylic acids is 1. The number of carbonyl (C=O) groups is 1. The van der Waals surface area contributed by atoms with Crippen LogP contribution in [0.25, 0.3) is 0 Å². The maximum atomic E-state index is 10.5. The predicted octanol–water partition coefficient (Wildman–Crippen LogP) is 1.74. The van der Waals surface area contributed by atoms with Gasteiger partial charge in [-0.1, -0.05) is 13.8 Å². The fourth-order valence-electron chi connectivity index (χ4n) is 0.806. The van der Waals surface area contributed by atoms with Crippen LogP contribution < -0.4 is 0 Å². The Labute approximate surface area is 83.5 Å². The maximum absolute atomic E-state index is 10.5. The number of carboxylic acid groups (broad SMARTS) is 1. The molecule has 0 saturated carbocycles. The number of hydrogen-bond acceptors (Lipinski definition) is 3. The van der Waals surface area contributed by atoms with E-state index in [1.165, 1.54) is 11.8 Å². The van der Waals surface area contributed by atoms with E-state index in [1.807, 2.05) is 13.8 Å². The van der Waals surface area contributed by atoms with Crippen LogP contribution in [0.2, 0.25) is 0 Å². The van der Waals surface area contributed by atoms with Gasteiger partial charge in [-0.2, -0.15) is 0 Å². The van der Waals surface area contributed by atoms with E-state index in [0.29, 0.717) is 18.6 Å². The SMILES string of the molecule is CCC(O)(CC)CSC(C)C(=O)O. The summed E-state index contributed by atoms with van der Waals surface area (Å²) in [5, 5.41) is 18.0. The van der Waals surface area contributed by atoms with Crippen LogP contribution in [0.3, 0.4) is 0 Å². The van der Waals surface area contributed by atoms with Crippen molar-refractivity contribution in [3.63, 3.8) is 0 Å². The van der Waals surface area contributed by atoms with Crippen molar-refractivity contribution in [2.75, 3.05) is 5.75 Å². The average molecular weight is 206 g/mol. The zero-order valence-electron chi connectivity index (χ0n) is 8.41. The van der Waals surface area contributed by atoms with E-state index in [4.69, 9.17) is 5.11 Å². The molecular formula is C9H18O3S. The van der Waals surface area contributed by atoms with Crippen molar-refractivity contribution in [2.24, 2.45) is 0 Å². The first-order valence-corrected chi connectivity index (χ1v) is 5.57. The minimum atomic E-state index is -0.820. The molecule has 0 aliphatic heterocycles. The van der Waals surface area contributed by atoms with Gasteiger partial charge in [-0.15, -0.1) is 11.8 Å². The highest BCUT2D eigenvalue weighted by atomic mass is 32.2. The van der Waals surface area contributed by atoms with E-state index in [-0.39, 0.29) is 0 Å². The lowest BCUT2D eigenvalue weighted by atomic mass is 10.0. The van der Waals surface area contributed by atoms with Gasteiger partial charge in [0.05, 0.1) is 10.9 Å². The first-order chi connectivity index (χ1) is 5.95. The smallest absolute Gasteiger partial charge is 0.316 e. The van der Waals surface area contributed by atoms with Crippen LogP contribution in [0.4, 0.5) is 0 Å². The summed E-state index contributed by atoms with van der Waals surface area (Å²) in [6, 6.07) is 0. The number of rotatable bonds is 6. The Hall–Kier alpha value is -0.220. The molecule has 0 aliphatic rings. The van der Waals surface area contributed by atoms with Crippen molar-refractivity contribution in [2.45, 2.75) is 44.5 Å². The summed E-state index contributed by atoms with van der Waals surface area (Å²) < 4.78 is 0. The molecule has 0 aliphatic carbocycles. The van der Waals surface area contributed by atoms with E-state index in [2.05, 4.69) is 0 Å². The zero-order chi connectivity index (χ0) is 10.5. The molecule has 0 radical (unpaired) electrons. The third-order valence-electron chi connectivity index (χ3n) is 2.27. The number of thioether (sulfide) groups is 1. The molecule has 78 valence electrons. The lowest BCUT2D eigenvalue weighted by Gasteiger charge is -2.25. The highest BCUT2D eigenvalue weighted by molar-refractivity contribution is 8.00. The van der Waals surface area contributed by atoms with Gasteiger partial charge in [0.15, 0.2) is 0 Å². The molecule has 0 heterocycles. The van der Waals surface area contributed by atoms with Gasteiger partial charge in [-0.3, -0.25) is 4.79 Å². The van der Waals surface area contributed by atoms with Gasteiger partial charge in [0.2, 0.25) is 0 Å². The second kappa shape index (κ2) is 5.50. The summed E-state index contributed by atoms with van der Waals surface area (Å²) >= 11 is 1.29. The van der Waals surface area contributed by atoms with E-state index < -0.39 is 16.8 Å². The Balaban J connectivity index is 3.92. The van der Waals surface area contributed by atoms with Gasteiger partial charge >= 0.3 is 5.97 Å². The van der Waals surface area contributed by atoms with Crippen molar-refractivity contribution >= 4 is 17.7 Å². The maximum Gasteiger partial charge on any atom is 0.316 e. The van der Waals surface area contributed by atoms with Crippen LogP contribution in [0.1, 0.15) is 33.6 Å². The molecule has 1 atom stereocenters. The Morgan fingerprint density at radius 2 is 1.92 bits per heavy atom. The highest BCUT2D eigenvalue weighted by Gasteiger charge is 2.24. The third kappa shape index (κ3) is 4.52. The number of aliphatic carboxylic acids is 1. The molecule has 0 rings (SSSR count). The van der Waals surface area contributed by atoms with Crippen molar-refractivity contribution < 1.29 is 15.0 Å². The monoisotopic (exact) mass is 206 g/mol. The quantitative estimate of drug-likeness (QED) is 0.695. The van der Waals surface area contributed by atoms with Crippen LogP contribution in [-0.4, -0.2) is 32.8 Å². The van der Waals surface area contributed by atoms with Crippen LogP contribution in [0.15, 0.2) is 0 Å². The zero-order valence-corrected chi connectivity index (χ0v) is 9.23. The van der Waals surface area contributed by atoms with Crippen LogP contribution in [0, 0.1) is 0 Å². The summed E-state index contributed by atoms with van der Waals surface area (Å²) in [4.78, 5) is 10.5. The van der Waals surface area contributed by atoms with Crippen molar-refractivity contribution in [1.82, 2.24) is 0 Å². The molecule has 2 N–H and O–H groups in total. The van der Waals surface area contributed by atoms with E-state index >= 15 is 0 Å². The first-order valence-electron chi connectivity index (χ1n) is 4.52. The Morgan fingerprint density at radius 3 is 2.23 bits per heavy atom. The lowest BCUT2D eigenvalue weighted by molar-refractivity contribution is -0.136. The van der Waals surface area contributed by atoms with Gasteiger partial charge in [0.25, 0.3) is 0 Å². The number of hydrogen-bond donors (Lipinski definition) is 2. The second-order valence-corrected chi connectivity index (χ2v) is 4.55. The molecule has 0 spiro atoms. The predicted molar refractivity (Wildman–Crippen MR) is 55.1 cm³/mol. The van der Waals surface area contributed by atoms with Gasteiger partial charge < -0.3 is 10.2 Å². The molecule has 0 saturated heterocycles. The molecule has 4 heteroatoms. The van der Waals surface area contributed by atoms with Crippen molar-refractivity contribution in [3.8, 4) is 0 Å². The molecule has 0 aromatic rings. The van der Waals surface area contributed by atoms with Gasteiger partial charge in [0.1, 0.15) is 0 Å². The summed E-state index contributed by atoms with van der Waals surface area (Å²) in [5.74, 6) is -0.326. The minimum absolute atomic E-state index is 0.440. The summed E-state index contributed by atoms with van der Waals surface area (Å²) in [7, 11) is 0. The first kappa shape index (κ1) is 12.8. The fraction of sp³-hybridized carbons (Fsp3) is 0.889. The normalized spacial score (nSPS) is 14.2. The molecule has 0 fully saturated rings. The topological polar surface area (TPSA) is 57.5 Å². The molecule has 0 bridgehead atoms. The van der Waals surface area contributed by atoms with Gasteiger partial charge in [-0.25, -0.2) is 0 Å². The molecule has 13 heavy (non-hydrogen) atoms. The lowest BCUT2D eigenvalue weighted by Crippen LogP contribution is -2.31. The van der Waals surface area contributed by atoms with Crippen LogP contribution >= 0.6 is 11.8 Å². The van der Waals surface area contributed by atoms with E-state index in [0.717, 1.165) is 0 Å². The van der Waals surface area contributed by atoms with Crippen molar-refractivity contribution in [1.29, 1.82) is 0 Å². The Kier molecular flexibility index (Phi) is 5.40. The highest BCUT2D eigenvalue weighted by Crippen LogP contribution is 2.23. The van der Waals surface area contributed by atoms with Crippen molar-refractivity contribution in [3.05, 3.63) is 0 Å². The minimum Gasteiger partial charge on any atom is -0.480 e.